The summed E-state index contributed by atoms with van der Waals surface area (Å²) < 4.78 is 22.4. The highest BCUT2D eigenvalue weighted by molar-refractivity contribution is 5.94. The average Bonchev–Trinajstić information content (AvgIpc) is 3.34. The monoisotopic (exact) mass is 455 g/mol. The van der Waals surface area contributed by atoms with Crippen LogP contribution < -0.4 is 14.2 Å². The molecule has 2 aromatic carbocycles. The topological polar surface area (TPSA) is 74.3 Å². The largest absolute Gasteiger partial charge is 0.496 e. The Bertz CT molecular complexity index is 938. The molecule has 0 N–H and O–H groups in total. The molecule has 33 heavy (non-hydrogen) atoms. The van der Waals surface area contributed by atoms with Crippen LogP contribution in [0.25, 0.3) is 0 Å². The van der Waals surface area contributed by atoms with Crippen molar-refractivity contribution in [2.24, 2.45) is 0 Å². The number of carbonyl (C=O) groups excluding carboxylic acids is 2. The van der Waals surface area contributed by atoms with Gasteiger partial charge in [-0.25, -0.2) is 0 Å². The van der Waals surface area contributed by atoms with Gasteiger partial charge in [0.2, 0.25) is 5.91 Å². The molecule has 1 atom stereocenters. The molecule has 2 aromatic rings. The van der Waals surface area contributed by atoms with E-state index in [4.69, 9.17) is 18.9 Å². The smallest absolute Gasteiger partial charge is 0.223 e. The van der Waals surface area contributed by atoms with Crippen LogP contribution in [0.15, 0.2) is 42.5 Å². The zero-order valence-corrected chi connectivity index (χ0v) is 19.7. The van der Waals surface area contributed by atoms with Crippen molar-refractivity contribution in [1.29, 1.82) is 0 Å². The van der Waals surface area contributed by atoms with Crippen LogP contribution in [-0.4, -0.2) is 56.7 Å². The van der Waals surface area contributed by atoms with Gasteiger partial charge >= 0.3 is 0 Å². The van der Waals surface area contributed by atoms with Gasteiger partial charge in [-0.2, -0.15) is 0 Å². The third-order valence-electron chi connectivity index (χ3n) is 5.72. The summed E-state index contributed by atoms with van der Waals surface area (Å²) in [5.41, 5.74) is 1.54. The van der Waals surface area contributed by atoms with E-state index in [0.717, 1.165) is 30.8 Å². The summed E-state index contributed by atoms with van der Waals surface area (Å²) >= 11 is 0. The number of para-hydroxylation sites is 1. The molecule has 1 aliphatic rings. The first kappa shape index (κ1) is 24.6. The molecule has 1 unspecified atom stereocenters. The van der Waals surface area contributed by atoms with E-state index in [-0.39, 0.29) is 17.8 Å². The standard InChI is InChI=1S/C26H33NO6/c1-19(28)20-12-13-24(25(16-20)31-3)33-15-7-11-26(29)27(18-22-9-6-14-32-22)17-21-8-4-5-10-23(21)30-2/h4-5,8,10,12-13,16,22H,6-7,9,11,14-15,17-18H2,1-3H3. The van der Waals surface area contributed by atoms with Crippen molar-refractivity contribution in [3.05, 3.63) is 53.6 Å². The van der Waals surface area contributed by atoms with Crippen LogP contribution in [0.3, 0.4) is 0 Å². The Kier molecular flexibility index (Phi) is 9.13. The van der Waals surface area contributed by atoms with Gasteiger partial charge in [0.1, 0.15) is 5.75 Å². The maximum absolute atomic E-state index is 13.1. The quantitative estimate of drug-likeness (QED) is 0.351. The Morgan fingerprint density at radius 3 is 2.55 bits per heavy atom. The minimum Gasteiger partial charge on any atom is -0.496 e. The maximum atomic E-state index is 13.1. The number of ether oxygens (including phenoxy) is 4. The maximum Gasteiger partial charge on any atom is 0.223 e. The summed E-state index contributed by atoms with van der Waals surface area (Å²) in [6.07, 6.45) is 2.98. The third kappa shape index (κ3) is 6.96. The number of hydrogen-bond donors (Lipinski definition) is 0. The first-order chi connectivity index (χ1) is 16.0. The molecule has 1 fully saturated rings. The molecule has 1 saturated heterocycles. The van der Waals surface area contributed by atoms with Crippen molar-refractivity contribution in [3.8, 4) is 17.2 Å². The highest BCUT2D eigenvalue weighted by atomic mass is 16.5. The molecule has 7 heteroatoms. The Morgan fingerprint density at radius 2 is 1.85 bits per heavy atom. The highest BCUT2D eigenvalue weighted by Gasteiger charge is 2.23. The Balaban J connectivity index is 1.58. The van der Waals surface area contributed by atoms with Crippen molar-refractivity contribution in [1.82, 2.24) is 4.90 Å². The van der Waals surface area contributed by atoms with Crippen LogP contribution in [0.4, 0.5) is 0 Å². The van der Waals surface area contributed by atoms with Crippen LogP contribution in [0, 0.1) is 0 Å². The van der Waals surface area contributed by atoms with E-state index in [1.807, 2.05) is 29.2 Å². The normalized spacial score (nSPS) is 15.2. The zero-order chi connectivity index (χ0) is 23.6. The number of amides is 1. The molecule has 0 aliphatic carbocycles. The van der Waals surface area contributed by atoms with Crippen molar-refractivity contribution >= 4 is 11.7 Å². The molecule has 0 radical (unpaired) electrons. The zero-order valence-electron chi connectivity index (χ0n) is 19.7. The summed E-state index contributed by atoms with van der Waals surface area (Å²) in [6, 6.07) is 12.9. The van der Waals surface area contributed by atoms with Crippen LogP contribution in [0.5, 0.6) is 17.2 Å². The van der Waals surface area contributed by atoms with E-state index in [9.17, 15) is 9.59 Å². The molecule has 1 aliphatic heterocycles. The highest BCUT2D eigenvalue weighted by Crippen LogP contribution is 2.28. The summed E-state index contributed by atoms with van der Waals surface area (Å²) in [5, 5.41) is 0. The fourth-order valence-corrected chi connectivity index (χ4v) is 3.90. The number of ketones is 1. The lowest BCUT2D eigenvalue weighted by molar-refractivity contribution is -0.133. The summed E-state index contributed by atoms with van der Waals surface area (Å²) in [5.74, 6) is 1.85. The lowest BCUT2D eigenvalue weighted by Crippen LogP contribution is -2.37. The number of nitrogens with zero attached hydrogens (tertiary/aromatic N) is 1. The van der Waals surface area contributed by atoms with Gasteiger partial charge in [0.15, 0.2) is 17.3 Å². The molecule has 0 aromatic heterocycles. The predicted octanol–water partition coefficient (Wildman–Crippen LogP) is 4.27. The third-order valence-corrected chi connectivity index (χ3v) is 5.72. The van der Waals surface area contributed by atoms with Crippen molar-refractivity contribution in [2.75, 3.05) is 34.0 Å². The second-order valence-electron chi connectivity index (χ2n) is 8.09. The molecule has 1 amide bonds. The van der Waals surface area contributed by atoms with Gasteiger partial charge in [0.25, 0.3) is 0 Å². The van der Waals surface area contributed by atoms with Gasteiger partial charge < -0.3 is 23.8 Å². The lowest BCUT2D eigenvalue weighted by atomic mass is 10.1. The second-order valence-corrected chi connectivity index (χ2v) is 8.09. The molecule has 0 spiro atoms. The molecule has 3 rings (SSSR count). The molecular formula is C26H33NO6. The number of rotatable bonds is 12. The first-order valence-corrected chi connectivity index (χ1v) is 11.3. The van der Waals surface area contributed by atoms with Crippen molar-refractivity contribution in [3.63, 3.8) is 0 Å². The Morgan fingerprint density at radius 1 is 1.06 bits per heavy atom. The van der Waals surface area contributed by atoms with Crippen molar-refractivity contribution < 1.29 is 28.5 Å². The summed E-state index contributed by atoms with van der Waals surface area (Å²) in [4.78, 5) is 26.5. The Hall–Kier alpha value is -3.06. The Labute approximate surface area is 195 Å². The fraction of sp³-hybridized carbons (Fsp3) is 0.462. The summed E-state index contributed by atoms with van der Waals surface area (Å²) in [6.45, 7) is 3.67. The minimum absolute atomic E-state index is 0.0353. The second kappa shape index (κ2) is 12.3. The fourth-order valence-electron chi connectivity index (χ4n) is 3.90. The molecule has 0 saturated carbocycles. The van der Waals surface area contributed by atoms with E-state index < -0.39 is 0 Å². The van der Waals surface area contributed by atoms with Crippen LogP contribution >= 0.6 is 0 Å². The van der Waals surface area contributed by atoms with Crippen LogP contribution in [0.1, 0.15) is 48.5 Å². The van der Waals surface area contributed by atoms with Gasteiger partial charge in [-0.3, -0.25) is 9.59 Å². The van der Waals surface area contributed by atoms with E-state index in [1.165, 1.54) is 14.0 Å². The van der Waals surface area contributed by atoms with Crippen molar-refractivity contribution in [2.45, 2.75) is 45.3 Å². The number of carbonyl (C=O) groups is 2. The van der Waals surface area contributed by atoms with E-state index in [2.05, 4.69) is 0 Å². The number of hydrogen-bond acceptors (Lipinski definition) is 6. The molecule has 1 heterocycles. The number of benzene rings is 2. The number of methoxy groups -OCH3 is 2. The van der Waals surface area contributed by atoms with Crippen LogP contribution in [-0.2, 0) is 16.1 Å². The lowest BCUT2D eigenvalue weighted by Gasteiger charge is -2.26. The molecule has 7 nitrogen and oxygen atoms in total. The van der Waals surface area contributed by atoms with Gasteiger partial charge in [0, 0.05) is 37.2 Å². The molecule has 0 bridgehead atoms. The first-order valence-electron chi connectivity index (χ1n) is 11.3. The van der Waals surface area contributed by atoms with Gasteiger partial charge in [-0.15, -0.1) is 0 Å². The molecular weight excluding hydrogens is 422 g/mol. The summed E-state index contributed by atoms with van der Waals surface area (Å²) in [7, 11) is 3.18. The van der Waals surface area contributed by atoms with E-state index >= 15 is 0 Å². The number of Topliss-reactive ketones (excluding diaryl/α,β-unsaturated/α-hetero) is 1. The van der Waals surface area contributed by atoms with Gasteiger partial charge in [-0.1, -0.05) is 18.2 Å². The predicted molar refractivity (Wildman–Crippen MR) is 125 cm³/mol. The average molecular weight is 456 g/mol. The SMILES string of the molecule is COc1ccccc1CN(CC1CCCO1)C(=O)CCCOc1ccc(C(C)=O)cc1OC. The van der Waals surface area contributed by atoms with Gasteiger partial charge in [0.05, 0.1) is 26.9 Å². The molecule has 178 valence electrons. The van der Waals surface area contributed by atoms with Crippen LogP contribution in [0.2, 0.25) is 0 Å². The van der Waals surface area contributed by atoms with E-state index in [1.54, 1.807) is 25.3 Å². The van der Waals surface area contributed by atoms with E-state index in [0.29, 0.717) is 49.6 Å². The minimum atomic E-state index is -0.0353. The van der Waals surface area contributed by atoms with Gasteiger partial charge in [-0.05, 0) is 50.5 Å².